The molecule has 1 heterocycles. The topological polar surface area (TPSA) is 114 Å². The van der Waals surface area contributed by atoms with E-state index in [2.05, 4.69) is 16.0 Å². The normalized spacial score (nSPS) is 29.3. The number of hydrogen-bond acceptors (Lipinski definition) is 9. The zero-order chi connectivity index (χ0) is 18.4. The van der Waals surface area contributed by atoms with Gasteiger partial charge in [0.1, 0.15) is 0 Å². The van der Waals surface area contributed by atoms with Gasteiger partial charge in [0.05, 0.1) is 0 Å². The van der Waals surface area contributed by atoms with Crippen molar-refractivity contribution in [1.29, 1.82) is 0 Å². The van der Waals surface area contributed by atoms with E-state index in [1.807, 2.05) is 0 Å². The Labute approximate surface area is 147 Å². The Morgan fingerprint density at radius 1 is 0.792 bits per heavy atom. The minimum absolute atomic E-state index is 0.216. The van der Waals surface area contributed by atoms with Crippen molar-refractivity contribution in [3.63, 3.8) is 0 Å². The van der Waals surface area contributed by atoms with Crippen molar-refractivity contribution in [2.24, 2.45) is 0 Å². The molecule has 0 radical (unpaired) electrons. The molecule has 1 aliphatic heterocycles. The summed E-state index contributed by atoms with van der Waals surface area (Å²) in [5, 5.41) is -0.738. The molecule has 0 saturated carbocycles. The van der Waals surface area contributed by atoms with Crippen LogP contribution >= 0.6 is 0 Å². The number of rotatable bonds is 5. The van der Waals surface area contributed by atoms with E-state index in [0.717, 1.165) is 0 Å². The molecule has 9 nitrogen and oxygen atoms in total. The van der Waals surface area contributed by atoms with Crippen LogP contribution in [0.1, 0.15) is 27.7 Å². The fourth-order valence-corrected chi connectivity index (χ4v) is 3.02. The van der Waals surface area contributed by atoms with Crippen LogP contribution in [0.15, 0.2) is 0 Å². The van der Waals surface area contributed by atoms with Gasteiger partial charge in [-0.2, -0.15) is 0 Å². The molecule has 0 aromatic rings. The van der Waals surface area contributed by atoms with Gasteiger partial charge in [0.2, 0.25) is 0 Å². The molecule has 0 spiro atoms. The fraction of sp³-hybridized carbons (Fsp3) is 0.714. The van der Waals surface area contributed by atoms with Crippen molar-refractivity contribution in [1.82, 2.24) is 0 Å². The van der Waals surface area contributed by atoms with Gasteiger partial charge in [0.25, 0.3) is 0 Å². The molecule has 1 rings (SSSR count). The molecule has 0 aromatic carbocycles. The monoisotopic (exact) mass is 412 g/mol. The number of carbonyl (C=O) groups is 4. The first-order valence-corrected chi connectivity index (χ1v) is 8.18. The molecule has 0 aliphatic carbocycles. The number of hydrogen-bond donors (Lipinski definition) is 0. The molecular weight excluding hydrogens is 391 g/mol. The van der Waals surface area contributed by atoms with Crippen molar-refractivity contribution in [2.75, 3.05) is 6.61 Å². The molecule has 136 valence electrons. The molecular formula is C14H20O9Se. The van der Waals surface area contributed by atoms with Crippen LogP contribution < -0.4 is 0 Å². The molecule has 1 saturated heterocycles. The summed E-state index contributed by atoms with van der Waals surface area (Å²) in [5.74, 6) is -2.47. The van der Waals surface area contributed by atoms with Crippen molar-refractivity contribution in [2.45, 2.75) is 57.1 Å². The standard InChI is InChI=1S/C14H20O9Se/c1-6(15)19-5-10-11(20-7(2)16)12(21-8(3)17)13(14(24)23-10)22-9(4)18/h10-14,24H,5H2,1-4H3/t10-,11-,12+,13-,14+/m0/s1. The van der Waals surface area contributed by atoms with Crippen LogP contribution in [-0.2, 0) is 42.9 Å². The predicted octanol–water partition coefficient (Wildman–Crippen LogP) is -1.03. The Kier molecular flexibility index (Phi) is 7.65. The van der Waals surface area contributed by atoms with Gasteiger partial charge < -0.3 is 0 Å². The first-order chi connectivity index (χ1) is 11.1. The zero-order valence-electron chi connectivity index (χ0n) is 13.7. The van der Waals surface area contributed by atoms with E-state index >= 15 is 0 Å². The Balaban J connectivity index is 3.11. The van der Waals surface area contributed by atoms with E-state index in [9.17, 15) is 19.2 Å². The Hall–Kier alpha value is -1.64. The molecule has 10 heteroatoms. The second-order valence-electron chi connectivity index (χ2n) is 5.09. The maximum atomic E-state index is 11.4. The van der Waals surface area contributed by atoms with Crippen molar-refractivity contribution in [3.8, 4) is 0 Å². The third-order valence-electron chi connectivity index (χ3n) is 2.97. The van der Waals surface area contributed by atoms with Crippen LogP contribution in [0.4, 0.5) is 0 Å². The predicted molar refractivity (Wildman–Crippen MR) is 79.1 cm³/mol. The molecule has 0 amide bonds. The first kappa shape index (κ1) is 20.4. The third kappa shape index (κ3) is 6.10. The van der Waals surface area contributed by atoms with Gasteiger partial charge in [-0.05, 0) is 0 Å². The quantitative estimate of drug-likeness (QED) is 0.318. The van der Waals surface area contributed by atoms with Crippen LogP contribution in [0.2, 0.25) is 0 Å². The van der Waals surface area contributed by atoms with Crippen LogP contribution in [0.25, 0.3) is 0 Å². The van der Waals surface area contributed by atoms with Crippen LogP contribution in [-0.4, -0.2) is 75.9 Å². The van der Waals surface area contributed by atoms with Gasteiger partial charge >= 0.3 is 146 Å². The van der Waals surface area contributed by atoms with Gasteiger partial charge in [-0.1, -0.05) is 0 Å². The molecule has 0 bridgehead atoms. The molecule has 0 unspecified atom stereocenters. The Morgan fingerprint density at radius 2 is 1.25 bits per heavy atom. The fourth-order valence-electron chi connectivity index (χ4n) is 2.21. The Bertz CT molecular complexity index is 506. The van der Waals surface area contributed by atoms with E-state index in [0.29, 0.717) is 0 Å². The van der Waals surface area contributed by atoms with Gasteiger partial charge in [-0.3, -0.25) is 0 Å². The zero-order valence-corrected chi connectivity index (χ0v) is 15.6. The average molecular weight is 411 g/mol. The van der Waals surface area contributed by atoms with Gasteiger partial charge in [-0.25, -0.2) is 0 Å². The van der Waals surface area contributed by atoms with Crippen LogP contribution in [0, 0.1) is 0 Å². The summed E-state index contributed by atoms with van der Waals surface area (Å²) >= 11 is 2.13. The van der Waals surface area contributed by atoms with Crippen molar-refractivity contribution >= 4 is 39.9 Å². The number of esters is 4. The summed E-state index contributed by atoms with van der Waals surface area (Å²) in [6.07, 6.45) is -4.08. The molecule has 0 N–H and O–H groups in total. The summed E-state index contributed by atoms with van der Waals surface area (Å²) in [6, 6.07) is 0. The third-order valence-corrected chi connectivity index (χ3v) is 3.84. The van der Waals surface area contributed by atoms with E-state index in [-0.39, 0.29) is 6.61 Å². The van der Waals surface area contributed by atoms with Crippen molar-refractivity contribution in [3.05, 3.63) is 0 Å². The van der Waals surface area contributed by atoms with Crippen LogP contribution in [0.5, 0.6) is 0 Å². The second-order valence-corrected chi connectivity index (χ2v) is 6.16. The average Bonchev–Trinajstić information content (AvgIpc) is 2.42. The molecule has 5 atom stereocenters. The summed E-state index contributed by atoms with van der Waals surface area (Å²) in [7, 11) is 0. The van der Waals surface area contributed by atoms with E-state index < -0.39 is 53.3 Å². The van der Waals surface area contributed by atoms with Crippen molar-refractivity contribution < 1.29 is 42.9 Å². The Morgan fingerprint density at radius 3 is 1.71 bits per heavy atom. The molecule has 24 heavy (non-hydrogen) atoms. The first-order valence-electron chi connectivity index (χ1n) is 7.10. The molecule has 1 aliphatic rings. The minimum atomic E-state index is -1.10. The van der Waals surface area contributed by atoms with E-state index in [1.54, 1.807) is 0 Å². The summed E-state index contributed by atoms with van der Waals surface area (Å²) < 4.78 is 26.1. The van der Waals surface area contributed by atoms with Gasteiger partial charge in [0, 0.05) is 0 Å². The maximum absolute atomic E-state index is 11.4. The summed E-state index contributed by atoms with van der Waals surface area (Å²) in [4.78, 5) is 45.2. The van der Waals surface area contributed by atoms with Gasteiger partial charge in [-0.15, -0.1) is 0 Å². The van der Waals surface area contributed by atoms with E-state index in [1.165, 1.54) is 27.7 Å². The SMILES string of the molecule is CC(=O)OC[C@@H]1O[C@H]([SeH])[C@@H](OC(C)=O)[C@H](OC(C)=O)[C@H]1OC(C)=O. The molecule has 0 aromatic heterocycles. The second kappa shape index (κ2) is 9.00. The summed E-state index contributed by atoms with van der Waals surface area (Å²) in [6.45, 7) is 4.53. The molecule has 1 fully saturated rings. The summed E-state index contributed by atoms with van der Waals surface area (Å²) in [5.41, 5.74) is 0. The van der Waals surface area contributed by atoms with Crippen LogP contribution in [0.3, 0.4) is 0 Å². The number of ether oxygens (including phenoxy) is 5. The van der Waals surface area contributed by atoms with E-state index in [4.69, 9.17) is 23.7 Å². The van der Waals surface area contributed by atoms with Gasteiger partial charge in [0.15, 0.2) is 0 Å². The number of carbonyl (C=O) groups excluding carboxylic acids is 4.